The molecule has 1 saturated heterocycles. The Morgan fingerprint density at radius 1 is 0.902 bits per heavy atom. The number of furan rings is 1. The highest BCUT2D eigenvalue weighted by molar-refractivity contribution is 5.91. The van der Waals surface area contributed by atoms with Gasteiger partial charge in [-0.15, -0.1) is 0 Å². The van der Waals surface area contributed by atoms with Crippen molar-refractivity contribution in [1.29, 1.82) is 0 Å². The first-order valence-electron chi connectivity index (χ1n) is 18.3. The number of benzene rings is 3. The molecule has 5 rings (SSSR count). The summed E-state index contributed by atoms with van der Waals surface area (Å²) in [4.78, 5) is 26.7. The number of rotatable bonds is 15. The lowest BCUT2D eigenvalue weighted by molar-refractivity contribution is -0.171. The summed E-state index contributed by atoms with van der Waals surface area (Å²) in [6, 6.07) is 25.8. The van der Waals surface area contributed by atoms with Crippen LogP contribution in [0, 0.1) is 42.4 Å². The van der Waals surface area contributed by atoms with Crippen molar-refractivity contribution in [2.24, 2.45) is 23.7 Å². The summed E-state index contributed by atoms with van der Waals surface area (Å²) in [5, 5.41) is 0.928. The first-order chi connectivity index (χ1) is 24.5. The maximum atomic E-state index is 13.4. The van der Waals surface area contributed by atoms with Gasteiger partial charge in [0.25, 0.3) is 0 Å². The number of carbonyl (C=O) groups excluding carboxylic acids is 2. The van der Waals surface area contributed by atoms with Crippen molar-refractivity contribution in [3.63, 3.8) is 0 Å². The highest BCUT2D eigenvalue weighted by Crippen LogP contribution is 2.34. The second-order valence-corrected chi connectivity index (χ2v) is 15.1. The number of cyclic esters (lactones) is 1. The zero-order valence-corrected chi connectivity index (χ0v) is 31.0. The van der Waals surface area contributed by atoms with Gasteiger partial charge in [-0.3, -0.25) is 4.79 Å². The Bertz CT molecular complexity index is 1840. The van der Waals surface area contributed by atoms with Crippen molar-refractivity contribution in [2.45, 2.75) is 85.9 Å². The Morgan fingerprint density at radius 2 is 1.63 bits per heavy atom. The van der Waals surface area contributed by atoms with Gasteiger partial charge in [-0.1, -0.05) is 113 Å². The van der Waals surface area contributed by atoms with Crippen LogP contribution in [0.15, 0.2) is 94.9 Å². The van der Waals surface area contributed by atoms with Crippen molar-refractivity contribution in [1.82, 2.24) is 0 Å². The number of hydrogen-bond donors (Lipinski definition) is 0. The van der Waals surface area contributed by atoms with Gasteiger partial charge in [0.05, 0.1) is 24.7 Å². The first-order valence-corrected chi connectivity index (χ1v) is 18.3. The molecule has 0 radical (unpaired) electrons. The quantitative estimate of drug-likeness (QED) is 0.0703. The lowest BCUT2D eigenvalue weighted by atomic mass is 9.86. The number of carbonyl (C=O) groups is 2. The molecule has 1 aliphatic rings. The normalized spacial score (nSPS) is 17.3. The molecule has 0 spiro atoms. The molecule has 4 aromatic rings. The van der Waals surface area contributed by atoms with Gasteiger partial charge >= 0.3 is 11.9 Å². The number of aryl methyl sites for hydroxylation is 1. The molecule has 2 atom stereocenters. The molecular weight excluding hydrogens is 636 g/mol. The topological polar surface area (TPSA) is 75.0 Å². The largest absolute Gasteiger partial charge is 0.461 e. The standard InChI is InChI=1S/C45H52O6/c1-31(2)23-37(24-32(3)4)20-22-40-27-45(51-44(40)47,29-48-28-36-11-8-7-9-12-36)30-49-43(46)34(6)25-41-26-39-14-10-13-38(42(39)50-41)21-19-35-17-15-33(5)16-18-35/h7-18,22,26,31-32,34,37H,20,23-25,27-30H2,1-6H3/b40-22+/t34-,45-/m1/s1. The van der Waals surface area contributed by atoms with E-state index in [0.29, 0.717) is 54.1 Å². The monoisotopic (exact) mass is 688 g/mol. The van der Waals surface area contributed by atoms with Crippen molar-refractivity contribution in [2.75, 3.05) is 13.2 Å². The Kier molecular flexibility index (Phi) is 13.0. The van der Waals surface area contributed by atoms with E-state index in [9.17, 15) is 9.59 Å². The SMILES string of the molecule is Cc1ccc(C#Cc2cccc3cc(C[C@@H](C)C(=O)OC[C@]4(COCc5ccccc5)C/C(=C\CC(CC(C)C)CC(C)C)C(=O)O4)oc23)cc1. The number of para-hydroxylation sites is 1. The van der Waals surface area contributed by atoms with Crippen LogP contribution < -0.4 is 0 Å². The van der Waals surface area contributed by atoms with E-state index in [1.165, 1.54) is 5.56 Å². The van der Waals surface area contributed by atoms with E-state index in [4.69, 9.17) is 18.6 Å². The van der Waals surface area contributed by atoms with E-state index in [1.807, 2.05) is 91.9 Å². The molecule has 6 heteroatoms. The fourth-order valence-electron chi connectivity index (χ4n) is 6.76. The lowest BCUT2D eigenvalue weighted by Gasteiger charge is -2.27. The van der Waals surface area contributed by atoms with Crippen LogP contribution in [0.2, 0.25) is 0 Å². The molecule has 0 amide bonds. The predicted molar refractivity (Wildman–Crippen MR) is 202 cm³/mol. The fourth-order valence-corrected chi connectivity index (χ4v) is 6.76. The van der Waals surface area contributed by atoms with Crippen LogP contribution in [0.1, 0.15) is 88.3 Å². The van der Waals surface area contributed by atoms with Gasteiger partial charge in [-0.2, -0.15) is 0 Å². The maximum Gasteiger partial charge on any atom is 0.334 e. The first kappa shape index (κ1) is 37.7. The van der Waals surface area contributed by atoms with E-state index in [0.717, 1.165) is 41.3 Å². The van der Waals surface area contributed by atoms with E-state index in [-0.39, 0.29) is 25.2 Å². The van der Waals surface area contributed by atoms with Crippen LogP contribution >= 0.6 is 0 Å². The van der Waals surface area contributed by atoms with Crippen LogP contribution in [-0.4, -0.2) is 30.8 Å². The molecule has 0 unspecified atom stereocenters. The third-order valence-electron chi connectivity index (χ3n) is 9.24. The van der Waals surface area contributed by atoms with Gasteiger partial charge in [0.1, 0.15) is 18.0 Å². The molecule has 2 heterocycles. The van der Waals surface area contributed by atoms with Crippen molar-refractivity contribution in [3.8, 4) is 11.8 Å². The van der Waals surface area contributed by atoms with E-state index in [2.05, 4.69) is 46.5 Å². The van der Waals surface area contributed by atoms with Crippen LogP contribution in [0.3, 0.4) is 0 Å². The molecule has 3 aromatic carbocycles. The summed E-state index contributed by atoms with van der Waals surface area (Å²) in [6.45, 7) is 13.2. The average molecular weight is 689 g/mol. The average Bonchev–Trinajstić information content (AvgIpc) is 3.65. The number of ether oxygens (including phenoxy) is 3. The fraction of sp³-hybridized carbons (Fsp3) is 0.422. The van der Waals surface area contributed by atoms with Gasteiger partial charge < -0.3 is 18.6 Å². The number of fused-ring (bicyclic) bond motifs is 1. The molecule has 6 nitrogen and oxygen atoms in total. The number of hydrogen-bond acceptors (Lipinski definition) is 6. The Balaban J connectivity index is 1.25. The minimum absolute atomic E-state index is 0.0890. The van der Waals surface area contributed by atoms with Gasteiger partial charge in [0.2, 0.25) is 0 Å². The number of allylic oxidation sites excluding steroid dienone is 1. The summed E-state index contributed by atoms with van der Waals surface area (Å²) in [5.74, 6) is 7.54. The summed E-state index contributed by atoms with van der Waals surface area (Å²) < 4.78 is 24.3. The molecule has 268 valence electrons. The summed E-state index contributed by atoms with van der Waals surface area (Å²) >= 11 is 0. The van der Waals surface area contributed by atoms with Crippen LogP contribution in [0.25, 0.3) is 11.0 Å². The van der Waals surface area contributed by atoms with Crippen LogP contribution in [-0.2, 0) is 36.8 Å². The molecule has 0 saturated carbocycles. The second-order valence-electron chi connectivity index (χ2n) is 15.1. The van der Waals surface area contributed by atoms with Gasteiger partial charge in [-0.25, -0.2) is 4.79 Å². The van der Waals surface area contributed by atoms with Gasteiger partial charge in [0.15, 0.2) is 5.60 Å². The van der Waals surface area contributed by atoms with Crippen LogP contribution in [0.5, 0.6) is 0 Å². The molecule has 0 N–H and O–H groups in total. The minimum atomic E-state index is -1.09. The second kappa shape index (κ2) is 17.6. The molecular formula is C45H52O6. The smallest absolute Gasteiger partial charge is 0.334 e. The van der Waals surface area contributed by atoms with E-state index < -0.39 is 11.5 Å². The third kappa shape index (κ3) is 10.9. The van der Waals surface area contributed by atoms with Gasteiger partial charge in [-0.05, 0) is 73.8 Å². The zero-order chi connectivity index (χ0) is 36.4. The third-order valence-corrected chi connectivity index (χ3v) is 9.24. The van der Waals surface area contributed by atoms with Gasteiger partial charge in [0, 0.05) is 29.4 Å². The molecule has 51 heavy (non-hydrogen) atoms. The lowest BCUT2D eigenvalue weighted by Crippen LogP contribution is -2.41. The molecule has 0 bridgehead atoms. The van der Waals surface area contributed by atoms with Crippen molar-refractivity contribution < 1.29 is 28.2 Å². The zero-order valence-electron chi connectivity index (χ0n) is 31.0. The Morgan fingerprint density at radius 3 is 2.33 bits per heavy atom. The molecule has 0 aliphatic carbocycles. The van der Waals surface area contributed by atoms with E-state index in [1.54, 1.807) is 0 Å². The Labute approximate surface area is 303 Å². The Hall–Kier alpha value is -4.60. The summed E-state index contributed by atoms with van der Waals surface area (Å²) in [5.41, 5.74) is 4.15. The highest BCUT2D eigenvalue weighted by atomic mass is 16.6. The van der Waals surface area contributed by atoms with Crippen LogP contribution in [0.4, 0.5) is 0 Å². The van der Waals surface area contributed by atoms with Crippen molar-refractivity contribution in [3.05, 3.63) is 119 Å². The van der Waals surface area contributed by atoms with E-state index >= 15 is 0 Å². The van der Waals surface area contributed by atoms with Crippen molar-refractivity contribution >= 4 is 22.9 Å². The number of esters is 2. The molecule has 1 aromatic heterocycles. The summed E-state index contributed by atoms with van der Waals surface area (Å²) in [7, 11) is 0. The summed E-state index contributed by atoms with van der Waals surface area (Å²) in [6.07, 6.45) is 5.75. The molecule has 1 aliphatic heterocycles. The highest BCUT2D eigenvalue weighted by Gasteiger charge is 2.45. The predicted octanol–water partition coefficient (Wildman–Crippen LogP) is 9.79. The molecule has 1 fully saturated rings. The minimum Gasteiger partial charge on any atom is -0.461 e. The maximum absolute atomic E-state index is 13.4.